The highest BCUT2D eigenvalue weighted by molar-refractivity contribution is 6.35. The number of aromatic nitrogens is 5. The van der Waals surface area contributed by atoms with Crippen LogP contribution in [0.3, 0.4) is 0 Å². The first kappa shape index (κ1) is 21.4. The van der Waals surface area contributed by atoms with Crippen LogP contribution in [0, 0.1) is 5.92 Å². The fourth-order valence-corrected chi connectivity index (χ4v) is 4.19. The van der Waals surface area contributed by atoms with Crippen LogP contribution in [-0.2, 0) is 11.8 Å². The predicted octanol–water partition coefficient (Wildman–Crippen LogP) is 3.91. The number of imidazole rings is 1. The zero-order chi connectivity index (χ0) is 22.8. The molecule has 1 aliphatic heterocycles. The number of nitrogens with zero attached hydrogens (tertiary/aromatic N) is 4. The molecule has 1 saturated heterocycles. The molecule has 3 aromatic heterocycles. The number of amides is 1. The molecule has 0 saturated carbocycles. The number of aromatic amines is 1. The second-order valence-electron chi connectivity index (χ2n) is 8.19. The Morgan fingerprint density at radius 3 is 2.88 bits per heavy atom. The van der Waals surface area contributed by atoms with Crippen LogP contribution in [0.4, 0.5) is 11.6 Å². The van der Waals surface area contributed by atoms with Gasteiger partial charge in [-0.25, -0.2) is 15.0 Å². The van der Waals surface area contributed by atoms with E-state index in [9.17, 15) is 4.79 Å². The molecular weight excluding hydrogens is 442 g/mol. The van der Waals surface area contributed by atoms with Gasteiger partial charge in [0.2, 0.25) is 5.95 Å². The summed E-state index contributed by atoms with van der Waals surface area (Å²) >= 11 is 6.50. The third-order valence-corrected chi connectivity index (χ3v) is 5.99. The van der Waals surface area contributed by atoms with Crippen molar-refractivity contribution in [1.29, 1.82) is 0 Å². The average molecular weight is 466 g/mol. The second kappa shape index (κ2) is 9.21. The van der Waals surface area contributed by atoms with Gasteiger partial charge in [0.05, 0.1) is 22.6 Å². The number of fused-ring (bicyclic) bond motifs is 1. The highest BCUT2D eigenvalue weighted by Crippen LogP contribution is 2.29. The Hall–Kier alpha value is -3.43. The number of benzene rings is 1. The van der Waals surface area contributed by atoms with E-state index in [1.807, 2.05) is 23.9 Å². The molecule has 0 spiro atoms. The zero-order valence-electron chi connectivity index (χ0n) is 18.1. The van der Waals surface area contributed by atoms with Crippen molar-refractivity contribution in [2.75, 3.05) is 25.1 Å². The van der Waals surface area contributed by atoms with Crippen molar-refractivity contribution in [2.24, 2.45) is 13.0 Å². The summed E-state index contributed by atoms with van der Waals surface area (Å²) in [4.78, 5) is 29.0. The predicted molar refractivity (Wildman–Crippen MR) is 127 cm³/mol. The summed E-state index contributed by atoms with van der Waals surface area (Å²) < 4.78 is 7.24. The van der Waals surface area contributed by atoms with Crippen LogP contribution >= 0.6 is 11.6 Å². The van der Waals surface area contributed by atoms with Gasteiger partial charge < -0.3 is 24.9 Å². The molecule has 10 heteroatoms. The van der Waals surface area contributed by atoms with Crippen LogP contribution in [0.5, 0.6) is 0 Å². The molecule has 1 aliphatic rings. The van der Waals surface area contributed by atoms with Crippen molar-refractivity contribution in [3.63, 3.8) is 0 Å². The molecule has 1 fully saturated rings. The number of carbonyl (C=O) groups is 1. The molecule has 170 valence electrons. The quantitative estimate of drug-likeness (QED) is 0.398. The van der Waals surface area contributed by atoms with Gasteiger partial charge in [0.1, 0.15) is 11.4 Å². The Morgan fingerprint density at radius 2 is 2.09 bits per heavy atom. The smallest absolute Gasteiger partial charge is 0.267 e. The molecule has 0 bridgehead atoms. The molecule has 9 nitrogen and oxygen atoms in total. The Balaban J connectivity index is 1.32. The third kappa shape index (κ3) is 4.84. The van der Waals surface area contributed by atoms with Crippen LogP contribution in [-0.4, -0.2) is 50.2 Å². The maximum absolute atomic E-state index is 12.7. The Kier molecular flexibility index (Phi) is 5.97. The van der Waals surface area contributed by atoms with E-state index >= 15 is 0 Å². The van der Waals surface area contributed by atoms with E-state index in [0.29, 0.717) is 40.3 Å². The summed E-state index contributed by atoms with van der Waals surface area (Å²) in [5, 5.41) is 7.53. The first-order chi connectivity index (χ1) is 16.0. The van der Waals surface area contributed by atoms with Crippen molar-refractivity contribution in [3.8, 4) is 11.4 Å². The lowest BCUT2D eigenvalue weighted by atomic mass is 10.0. The maximum atomic E-state index is 12.7. The zero-order valence-corrected chi connectivity index (χ0v) is 18.9. The largest absolute Gasteiger partial charge is 0.381 e. The molecule has 1 amide bonds. The number of H-pyrrole nitrogens is 1. The van der Waals surface area contributed by atoms with E-state index in [1.165, 1.54) is 0 Å². The first-order valence-corrected chi connectivity index (χ1v) is 11.2. The molecule has 33 heavy (non-hydrogen) atoms. The van der Waals surface area contributed by atoms with E-state index < -0.39 is 0 Å². The molecule has 0 aliphatic carbocycles. The summed E-state index contributed by atoms with van der Waals surface area (Å²) in [6.07, 6.45) is 7.23. The average Bonchev–Trinajstić information content (AvgIpc) is 3.45. The number of aryl methyl sites for hydroxylation is 1. The van der Waals surface area contributed by atoms with Crippen molar-refractivity contribution in [3.05, 3.63) is 53.7 Å². The number of hydrogen-bond acceptors (Lipinski definition) is 6. The normalized spacial score (nSPS) is 14.5. The summed E-state index contributed by atoms with van der Waals surface area (Å²) in [5.41, 5.74) is 3.38. The summed E-state index contributed by atoms with van der Waals surface area (Å²) in [7, 11) is 1.91. The van der Waals surface area contributed by atoms with Crippen molar-refractivity contribution in [1.82, 2.24) is 29.8 Å². The van der Waals surface area contributed by atoms with E-state index in [-0.39, 0.29) is 5.91 Å². The van der Waals surface area contributed by atoms with E-state index in [2.05, 4.69) is 30.6 Å². The topological polar surface area (TPSA) is 110 Å². The second-order valence-corrected chi connectivity index (χ2v) is 8.59. The lowest BCUT2D eigenvalue weighted by Gasteiger charge is -2.21. The maximum Gasteiger partial charge on any atom is 0.267 e. The number of nitrogens with one attached hydrogen (secondary N) is 3. The lowest BCUT2D eigenvalue weighted by Crippen LogP contribution is -2.32. The van der Waals surface area contributed by atoms with Gasteiger partial charge in [0.25, 0.3) is 5.91 Å². The highest BCUT2D eigenvalue weighted by atomic mass is 35.5. The Morgan fingerprint density at radius 1 is 1.24 bits per heavy atom. The monoisotopic (exact) mass is 465 g/mol. The highest BCUT2D eigenvalue weighted by Gasteiger charge is 2.17. The molecule has 4 heterocycles. The number of ether oxygens (including phenoxy) is 1. The van der Waals surface area contributed by atoms with Crippen LogP contribution < -0.4 is 10.6 Å². The summed E-state index contributed by atoms with van der Waals surface area (Å²) in [6, 6.07) is 7.29. The lowest BCUT2D eigenvalue weighted by molar-refractivity contribution is 0.0642. The minimum absolute atomic E-state index is 0.144. The number of halogens is 1. The first-order valence-electron chi connectivity index (χ1n) is 10.8. The van der Waals surface area contributed by atoms with Gasteiger partial charge in [-0.3, -0.25) is 4.79 Å². The van der Waals surface area contributed by atoms with E-state index in [4.69, 9.17) is 16.3 Å². The fourth-order valence-electron chi connectivity index (χ4n) is 3.91. The van der Waals surface area contributed by atoms with Gasteiger partial charge in [0.15, 0.2) is 0 Å². The molecule has 4 aromatic rings. The van der Waals surface area contributed by atoms with Crippen LogP contribution in [0.1, 0.15) is 23.3 Å². The van der Waals surface area contributed by atoms with Gasteiger partial charge in [-0.05, 0) is 43.0 Å². The number of carbonyl (C=O) groups excluding carboxylic acids is 1. The number of anilines is 2. The molecule has 1 aromatic carbocycles. The van der Waals surface area contributed by atoms with Crippen molar-refractivity contribution in [2.45, 2.75) is 12.8 Å². The van der Waals surface area contributed by atoms with Crippen molar-refractivity contribution >= 4 is 40.0 Å². The van der Waals surface area contributed by atoms with Gasteiger partial charge in [-0.1, -0.05) is 11.6 Å². The Labute approximate surface area is 195 Å². The van der Waals surface area contributed by atoms with Gasteiger partial charge >= 0.3 is 0 Å². The Bertz CT molecular complexity index is 1290. The van der Waals surface area contributed by atoms with Crippen LogP contribution in [0.2, 0.25) is 5.02 Å². The molecule has 0 radical (unpaired) electrons. The third-order valence-electron chi connectivity index (χ3n) is 5.70. The van der Waals surface area contributed by atoms with Gasteiger partial charge in [-0.2, -0.15) is 0 Å². The minimum atomic E-state index is -0.144. The SMILES string of the molecule is Cn1cnc(-c2ccnc(Nc3cc(Cl)c4[nH]c(C(=O)NCC5CCOCC5)cc4c3)n2)c1. The molecule has 5 rings (SSSR count). The fraction of sp³-hybridized carbons (Fsp3) is 0.304. The van der Waals surface area contributed by atoms with Gasteiger partial charge in [-0.15, -0.1) is 0 Å². The van der Waals surface area contributed by atoms with Gasteiger partial charge in [0, 0.05) is 50.3 Å². The number of rotatable bonds is 6. The minimum Gasteiger partial charge on any atom is -0.381 e. The summed E-state index contributed by atoms with van der Waals surface area (Å²) in [6.45, 7) is 2.15. The molecule has 3 N–H and O–H groups in total. The number of hydrogen-bond donors (Lipinski definition) is 3. The molecule has 0 unspecified atom stereocenters. The molecular formula is C23H24ClN7O2. The summed E-state index contributed by atoms with van der Waals surface area (Å²) in [5.74, 6) is 0.738. The van der Waals surface area contributed by atoms with Crippen molar-refractivity contribution < 1.29 is 9.53 Å². The molecule has 0 atom stereocenters. The van der Waals surface area contributed by atoms with E-state index in [1.54, 1.807) is 30.7 Å². The van der Waals surface area contributed by atoms with Crippen LogP contribution in [0.25, 0.3) is 22.3 Å². The standard InChI is InChI=1S/C23H24ClN7O2/c1-31-12-20(27-13-31)18-2-5-25-23(30-18)28-16-8-15-9-19(29-21(15)17(24)10-16)22(32)26-11-14-3-6-33-7-4-14/h2,5,8-10,12-14,29H,3-4,6-7,11H2,1H3,(H,26,32)(H,25,28,30). The van der Waals surface area contributed by atoms with Crippen LogP contribution in [0.15, 0.2) is 43.0 Å². The van der Waals surface area contributed by atoms with E-state index in [0.717, 1.165) is 42.8 Å².